The lowest BCUT2D eigenvalue weighted by atomic mass is 10.2. The Morgan fingerprint density at radius 2 is 2.05 bits per heavy atom. The number of carbonyl (C=O) groups is 1. The zero-order valence-electron chi connectivity index (χ0n) is 12.1. The van der Waals surface area contributed by atoms with Crippen molar-refractivity contribution in [2.75, 3.05) is 24.8 Å². The van der Waals surface area contributed by atoms with Crippen molar-refractivity contribution in [3.05, 3.63) is 48.0 Å². The number of nitrogen functional groups attached to an aromatic ring is 1. The standard InChI is InChI=1S/C16H18N2O3/c1-11-6-7-15(14(17)8-11)21-10-16(19)18-12-4-3-5-13(9-12)20-2/h3-9H,10,17H2,1-2H3,(H,18,19). The third-order valence-corrected chi connectivity index (χ3v) is 2.88. The van der Waals surface area contributed by atoms with Gasteiger partial charge in [0.2, 0.25) is 0 Å². The first-order chi connectivity index (χ1) is 10.1. The summed E-state index contributed by atoms with van der Waals surface area (Å²) in [4.78, 5) is 11.8. The molecule has 0 spiro atoms. The molecule has 0 heterocycles. The van der Waals surface area contributed by atoms with Gasteiger partial charge in [-0.15, -0.1) is 0 Å². The number of amides is 1. The van der Waals surface area contributed by atoms with Crippen LogP contribution < -0.4 is 20.5 Å². The number of anilines is 2. The number of carbonyl (C=O) groups excluding carboxylic acids is 1. The van der Waals surface area contributed by atoms with E-state index in [1.165, 1.54) is 0 Å². The first-order valence-electron chi connectivity index (χ1n) is 6.51. The Hall–Kier alpha value is -2.69. The van der Waals surface area contributed by atoms with Gasteiger partial charge >= 0.3 is 0 Å². The van der Waals surface area contributed by atoms with E-state index in [2.05, 4.69) is 5.32 Å². The fourth-order valence-electron chi connectivity index (χ4n) is 1.84. The molecule has 0 aliphatic carbocycles. The van der Waals surface area contributed by atoms with E-state index in [0.717, 1.165) is 5.56 Å². The topological polar surface area (TPSA) is 73.6 Å². The molecule has 0 atom stereocenters. The summed E-state index contributed by atoms with van der Waals surface area (Å²) in [5.41, 5.74) is 8.04. The maximum absolute atomic E-state index is 11.8. The van der Waals surface area contributed by atoms with E-state index in [1.54, 1.807) is 43.5 Å². The minimum Gasteiger partial charge on any atom is -0.497 e. The van der Waals surface area contributed by atoms with Gasteiger partial charge in [0.05, 0.1) is 12.8 Å². The molecule has 2 aromatic rings. The average Bonchev–Trinajstić information content (AvgIpc) is 2.46. The molecule has 110 valence electrons. The molecule has 0 aliphatic heterocycles. The predicted molar refractivity (Wildman–Crippen MR) is 82.7 cm³/mol. The lowest BCUT2D eigenvalue weighted by Gasteiger charge is -2.10. The van der Waals surface area contributed by atoms with E-state index < -0.39 is 0 Å². The van der Waals surface area contributed by atoms with Crippen molar-refractivity contribution in [1.82, 2.24) is 0 Å². The van der Waals surface area contributed by atoms with E-state index >= 15 is 0 Å². The summed E-state index contributed by atoms with van der Waals surface area (Å²) in [6.07, 6.45) is 0. The molecule has 3 N–H and O–H groups in total. The molecule has 0 saturated heterocycles. The molecular formula is C16H18N2O3. The van der Waals surface area contributed by atoms with Gasteiger partial charge in [-0.1, -0.05) is 12.1 Å². The van der Waals surface area contributed by atoms with Crippen molar-refractivity contribution in [3.8, 4) is 11.5 Å². The number of rotatable bonds is 5. The van der Waals surface area contributed by atoms with Gasteiger partial charge < -0.3 is 20.5 Å². The van der Waals surface area contributed by atoms with Crippen LogP contribution in [-0.2, 0) is 4.79 Å². The summed E-state index contributed by atoms with van der Waals surface area (Å²) >= 11 is 0. The maximum atomic E-state index is 11.8. The number of hydrogen-bond acceptors (Lipinski definition) is 4. The van der Waals surface area contributed by atoms with Crippen LogP contribution >= 0.6 is 0 Å². The molecule has 0 bridgehead atoms. The van der Waals surface area contributed by atoms with Crippen LogP contribution in [0.3, 0.4) is 0 Å². The van der Waals surface area contributed by atoms with Crippen LogP contribution in [0.25, 0.3) is 0 Å². The van der Waals surface area contributed by atoms with Crippen LogP contribution in [0.5, 0.6) is 11.5 Å². The van der Waals surface area contributed by atoms with Crippen LogP contribution in [0.2, 0.25) is 0 Å². The smallest absolute Gasteiger partial charge is 0.262 e. The van der Waals surface area contributed by atoms with Crippen molar-refractivity contribution >= 4 is 17.3 Å². The lowest BCUT2D eigenvalue weighted by Crippen LogP contribution is -2.20. The second-order valence-corrected chi connectivity index (χ2v) is 4.61. The van der Waals surface area contributed by atoms with Gasteiger partial charge in [0, 0.05) is 11.8 Å². The number of aryl methyl sites for hydroxylation is 1. The third kappa shape index (κ3) is 4.14. The summed E-state index contributed by atoms with van der Waals surface area (Å²) in [5.74, 6) is 0.918. The highest BCUT2D eigenvalue weighted by Gasteiger charge is 2.06. The highest BCUT2D eigenvalue weighted by Crippen LogP contribution is 2.22. The monoisotopic (exact) mass is 286 g/mol. The summed E-state index contributed by atoms with van der Waals surface area (Å²) in [6.45, 7) is 1.83. The van der Waals surface area contributed by atoms with E-state index in [9.17, 15) is 4.79 Å². The highest BCUT2D eigenvalue weighted by atomic mass is 16.5. The largest absolute Gasteiger partial charge is 0.497 e. The molecule has 0 aromatic heterocycles. The van der Waals surface area contributed by atoms with Crippen molar-refractivity contribution in [2.24, 2.45) is 0 Å². The molecular weight excluding hydrogens is 268 g/mol. The van der Waals surface area contributed by atoms with Gasteiger partial charge in [-0.2, -0.15) is 0 Å². The quantitative estimate of drug-likeness (QED) is 0.829. The fourth-order valence-corrected chi connectivity index (χ4v) is 1.84. The lowest BCUT2D eigenvalue weighted by molar-refractivity contribution is -0.118. The molecule has 0 saturated carbocycles. The summed E-state index contributed by atoms with van der Waals surface area (Å²) in [5, 5.41) is 2.73. The van der Waals surface area contributed by atoms with E-state index in [0.29, 0.717) is 22.9 Å². The summed E-state index contributed by atoms with van der Waals surface area (Å²) < 4.78 is 10.5. The van der Waals surface area contributed by atoms with Crippen molar-refractivity contribution in [1.29, 1.82) is 0 Å². The molecule has 21 heavy (non-hydrogen) atoms. The first-order valence-corrected chi connectivity index (χ1v) is 6.51. The van der Waals surface area contributed by atoms with Crippen LogP contribution in [0.4, 0.5) is 11.4 Å². The van der Waals surface area contributed by atoms with Gasteiger partial charge in [-0.25, -0.2) is 0 Å². The van der Waals surface area contributed by atoms with Gasteiger partial charge in [0.25, 0.3) is 5.91 Å². The van der Waals surface area contributed by atoms with E-state index in [1.807, 2.05) is 13.0 Å². The Morgan fingerprint density at radius 3 is 2.76 bits per heavy atom. The van der Waals surface area contributed by atoms with Crippen molar-refractivity contribution in [2.45, 2.75) is 6.92 Å². The SMILES string of the molecule is COc1cccc(NC(=O)COc2ccc(C)cc2N)c1. The first kappa shape index (κ1) is 14.7. The number of ether oxygens (including phenoxy) is 2. The molecule has 0 unspecified atom stereocenters. The predicted octanol–water partition coefficient (Wildman–Crippen LogP) is 2.60. The van der Waals surface area contributed by atoms with Crippen LogP contribution in [0.15, 0.2) is 42.5 Å². The number of hydrogen-bond donors (Lipinski definition) is 2. The minimum atomic E-state index is -0.261. The Morgan fingerprint density at radius 1 is 1.24 bits per heavy atom. The third-order valence-electron chi connectivity index (χ3n) is 2.88. The second-order valence-electron chi connectivity index (χ2n) is 4.61. The Labute approximate surface area is 123 Å². The van der Waals surface area contributed by atoms with Crippen LogP contribution in [0, 0.1) is 6.92 Å². The van der Waals surface area contributed by atoms with Crippen LogP contribution in [-0.4, -0.2) is 19.6 Å². The number of benzene rings is 2. The molecule has 2 aromatic carbocycles. The van der Waals surface area contributed by atoms with Gasteiger partial charge in [-0.05, 0) is 36.8 Å². The van der Waals surface area contributed by atoms with Gasteiger partial charge in [-0.3, -0.25) is 4.79 Å². The van der Waals surface area contributed by atoms with Crippen molar-refractivity contribution in [3.63, 3.8) is 0 Å². The summed E-state index contributed by atoms with van der Waals surface area (Å²) in [7, 11) is 1.57. The fraction of sp³-hybridized carbons (Fsp3) is 0.188. The zero-order valence-corrected chi connectivity index (χ0v) is 12.1. The Balaban J connectivity index is 1.92. The number of nitrogens with two attached hydrogens (primary N) is 1. The van der Waals surface area contributed by atoms with Crippen molar-refractivity contribution < 1.29 is 14.3 Å². The minimum absolute atomic E-state index is 0.107. The van der Waals surface area contributed by atoms with Crippen LogP contribution in [0.1, 0.15) is 5.56 Å². The summed E-state index contributed by atoms with van der Waals surface area (Å²) in [6, 6.07) is 12.6. The molecule has 2 rings (SSSR count). The normalized spacial score (nSPS) is 10.0. The zero-order chi connectivity index (χ0) is 15.2. The molecule has 1 amide bonds. The molecule has 5 nitrogen and oxygen atoms in total. The number of methoxy groups -OCH3 is 1. The molecule has 0 aliphatic rings. The average molecular weight is 286 g/mol. The maximum Gasteiger partial charge on any atom is 0.262 e. The Bertz CT molecular complexity index is 641. The van der Waals surface area contributed by atoms with Gasteiger partial charge in [0.15, 0.2) is 6.61 Å². The molecule has 0 radical (unpaired) electrons. The molecule has 5 heteroatoms. The van der Waals surface area contributed by atoms with Gasteiger partial charge in [0.1, 0.15) is 11.5 Å². The Kier molecular flexibility index (Phi) is 4.66. The molecule has 0 fully saturated rings. The number of nitrogens with one attached hydrogen (secondary N) is 1. The van der Waals surface area contributed by atoms with E-state index in [-0.39, 0.29) is 12.5 Å². The van der Waals surface area contributed by atoms with E-state index in [4.69, 9.17) is 15.2 Å². The second kappa shape index (κ2) is 6.65. The highest BCUT2D eigenvalue weighted by molar-refractivity contribution is 5.92.